The Balaban J connectivity index is 1.49. The van der Waals surface area contributed by atoms with Crippen LogP contribution in [0.15, 0.2) is 12.1 Å². The van der Waals surface area contributed by atoms with Crippen molar-refractivity contribution in [2.45, 2.75) is 108 Å². The van der Waals surface area contributed by atoms with Gasteiger partial charge < -0.3 is 19.7 Å². The third-order valence-electron chi connectivity index (χ3n) is 12.4. The quantitative estimate of drug-likeness (QED) is 0.608. The second kappa shape index (κ2) is 6.76. The molecule has 0 amide bonds. The highest BCUT2D eigenvalue weighted by molar-refractivity contribution is 5.63. The van der Waals surface area contributed by atoms with Crippen LogP contribution in [0.4, 0.5) is 0 Å². The van der Waals surface area contributed by atoms with Crippen molar-refractivity contribution < 1.29 is 22.4 Å². The Bertz CT molecular complexity index is 1180. The monoisotopic (exact) mass is 483 g/mol. The van der Waals surface area contributed by atoms with Gasteiger partial charge in [-0.05, 0) is 87.8 Å². The first-order valence-electron chi connectivity index (χ1n) is 15.0. The maximum atomic E-state index is 12.4. The first kappa shape index (κ1) is 20.7. The fourth-order valence-electron chi connectivity index (χ4n) is 9.73. The average molecular weight is 484 g/mol. The molecule has 1 aromatic carbocycles. The van der Waals surface area contributed by atoms with Crippen molar-refractivity contribution in [2.24, 2.45) is 22.7 Å². The topological polar surface area (TPSA) is 62.2 Å². The Hall–Kier alpha value is -1.30. The van der Waals surface area contributed by atoms with Gasteiger partial charge in [-0.1, -0.05) is 26.8 Å². The fourth-order valence-corrected chi connectivity index (χ4v) is 9.73. The molecule has 1 aromatic rings. The molecule has 8 rings (SSSR count). The second-order valence-corrected chi connectivity index (χ2v) is 13.6. The van der Waals surface area contributed by atoms with Gasteiger partial charge in [-0.3, -0.25) is 4.90 Å². The number of phenols is 1. The molecule has 2 N–H and O–H groups in total. The Morgan fingerprint density at radius 1 is 1.23 bits per heavy atom. The van der Waals surface area contributed by atoms with E-state index in [1.165, 1.54) is 12.8 Å². The zero-order valence-electron chi connectivity index (χ0n) is 24.0. The number of benzene rings is 1. The number of fused-ring (bicyclic) bond motifs is 2. The van der Waals surface area contributed by atoms with Crippen molar-refractivity contribution in [3.05, 3.63) is 23.2 Å². The summed E-state index contributed by atoms with van der Waals surface area (Å²) in [5, 5.41) is 23.6. The van der Waals surface area contributed by atoms with Gasteiger partial charge in [0.25, 0.3) is 0 Å². The lowest BCUT2D eigenvalue weighted by atomic mass is 9.33. The van der Waals surface area contributed by atoms with E-state index in [0.29, 0.717) is 5.75 Å². The van der Waals surface area contributed by atoms with Crippen molar-refractivity contribution in [3.63, 3.8) is 0 Å². The summed E-state index contributed by atoms with van der Waals surface area (Å²) in [6.07, 6.45) is 7.43. The lowest BCUT2D eigenvalue weighted by molar-refractivity contribution is -0.313. The smallest absolute Gasteiger partial charge is 0.165 e. The van der Waals surface area contributed by atoms with Crippen molar-refractivity contribution in [1.82, 2.24) is 4.90 Å². The number of nitrogens with zero attached hydrogens (tertiary/aromatic N) is 1. The Kier molecular flexibility index (Phi) is 4.00. The highest BCUT2D eigenvalue weighted by atomic mass is 16.6. The first-order valence-corrected chi connectivity index (χ1v) is 14.0. The molecule has 0 aromatic heterocycles. The molecule has 4 bridgehead atoms. The van der Waals surface area contributed by atoms with Gasteiger partial charge >= 0.3 is 0 Å². The van der Waals surface area contributed by atoms with Crippen molar-refractivity contribution in [1.29, 1.82) is 0 Å². The largest absolute Gasteiger partial charge is 0.504 e. The highest BCUT2D eigenvalue weighted by Gasteiger charge is 2.82. The number of phenolic OH excluding ortho intramolecular Hbond substituents is 1. The molecule has 5 aliphatic carbocycles. The molecule has 192 valence electrons. The summed E-state index contributed by atoms with van der Waals surface area (Å²) in [4.78, 5) is 2.71. The van der Waals surface area contributed by atoms with Crippen LogP contribution in [-0.4, -0.2) is 58.7 Å². The van der Waals surface area contributed by atoms with Gasteiger partial charge in [0, 0.05) is 42.0 Å². The number of aromatic hydroxyl groups is 1. The Morgan fingerprint density at radius 2 is 2.00 bits per heavy atom. The third kappa shape index (κ3) is 2.43. The summed E-state index contributed by atoms with van der Waals surface area (Å²) in [6.45, 7) is 10.6. The van der Waals surface area contributed by atoms with Gasteiger partial charge in [-0.15, -0.1) is 0 Å². The zero-order chi connectivity index (χ0) is 26.3. The zero-order valence-corrected chi connectivity index (χ0v) is 22.0. The first-order chi connectivity index (χ1) is 17.4. The van der Waals surface area contributed by atoms with E-state index in [2.05, 4.69) is 25.7 Å². The standard InChI is InChI=1S/C30H43NO4/c1-6-26(2,3)27(4,33)21-16-28-11-12-30(21,34-5)25-29(28)13-14-31(17-18-7-8-18)22(28)15-19-9-10-20(32)24(35-25)23(19)29/h9-10,18,21-22,25,32-33H,6-8,11-17H2,1-5H3/t21-,22-,25-,27+,28-,29+,30-/m1/s1/i9D,10D. The number of likely N-dealkylation sites (tertiary alicyclic amines) is 1. The minimum Gasteiger partial charge on any atom is -0.504 e. The normalized spacial score (nSPS) is 43.8. The Morgan fingerprint density at radius 3 is 2.69 bits per heavy atom. The molecule has 2 aliphatic heterocycles. The van der Waals surface area contributed by atoms with Crippen molar-refractivity contribution >= 4 is 0 Å². The van der Waals surface area contributed by atoms with E-state index in [4.69, 9.17) is 12.2 Å². The maximum Gasteiger partial charge on any atom is 0.165 e. The van der Waals surface area contributed by atoms with Gasteiger partial charge in [0.2, 0.25) is 0 Å². The highest BCUT2D eigenvalue weighted by Crippen LogP contribution is 2.78. The average Bonchev–Trinajstić information content (AvgIpc) is 3.63. The van der Waals surface area contributed by atoms with Crippen LogP contribution in [0.3, 0.4) is 0 Å². The van der Waals surface area contributed by atoms with Crippen LogP contribution in [0.5, 0.6) is 11.5 Å². The predicted molar refractivity (Wildman–Crippen MR) is 135 cm³/mol. The summed E-state index contributed by atoms with van der Waals surface area (Å²) >= 11 is 0. The van der Waals surface area contributed by atoms with Crippen LogP contribution in [0.2, 0.25) is 0 Å². The third-order valence-corrected chi connectivity index (χ3v) is 12.4. The number of hydrogen-bond donors (Lipinski definition) is 2. The maximum absolute atomic E-state index is 12.4. The summed E-state index contributed by atoms with van der Waals surface area (Å²) in [7, 11) is 1.78. The molecular formula is C30H43NO4. The minimum absolute atomic E-state index is 0.121. The number of piperidine rings is 1. The molecule has 35 heavy (non-hydrogen) atoms. The lowest BCUT2D eigenvalue weighted by Crippen LogP contribution is -2.83. The van der Waals surface area contributed by atoms with Crippen LogP contribution in [0.1, 0.15) is 86.5 Å². The molecule has 1 saturated heterocycles. The van der Waals surface area contributed by atoms with E-state index in [-0.39, 0.29) is 52.1 Å². The van der Waals surface area contributed by atoms with Crippen LogP contribution < -0.4 is 4.74 Å². The molecule has 7 aliphatic rings. The van der Waals surface area contributed by atoms with E-state index in [1.54, 1.807) is 7.11 Å². The van der Waals surface area contributed by atoms with E-state index < -0.39 is 11.2 Å². The SMILES string of the molecule is [2H]c1c([2H])c2c3c(c1O)O[C@H]1[C@@]4(OC)CC[C@@]5(C[C@@H]4[C@](C)(O)C(C)(C)CC)[C@@H](C2)N(CC2CC2)CC[C@]315. The van der Waals surface area contributed by atoms with E-state index >= 15 is 0 Å². The molecule has 0 unspecified atom stereocenters. The molecule has 0 radical (unpaired) electrons. The molecule has 7 atom stereocenters. The van der Waals surface area contributed by atoms with Gasteiger partial charge in [0.1, 0.15) is 11.7 Å². The van der Waals surface area contributed by atoms with E-state index in [1.807, 2.05) is 6.92 Å². The second-order valence-electron chi connectivity index (χ2n) is 13.6. The van der Waals surface area contributed by atoms with Gasteiger partial charge in [0.15, 0.2) is 11.5 Å². The summed E-state index contributed by atoms with van der Waals surface area (Å²) < 4.78 is 30.9. The van der Waals surface area contributed by atoms with E-state index in [0.717, 1.165) is 68.7 Å². The Labute approximate surface area is 213 Å². The van der Waals surface area contributed by atoms with Crippen LogP contribution in [0, 0.1) is 22.7 Å². The predicted octanol–water partition coefficient (Wildman–Crippen LogP) is 4.80. The summed E-state index contributed by atoms with van der Waals surface area (Å²) in [6, 6.07) is 0.287. The lowest BCUT2D eigenvalue weighted by Gasteiger charge is -2.75. The summed E-state index contributed by atoms with van der Waals surface area (Å²) in [5.74, 6) is 0.879. The summed E-state index contributed by atoms with van der Waals surface area (Å²) in [5.41, 5.74) is -0.568. The molecule has 4 saturated carbocycles. The molecule has 5 nitrogen and oxygen atoms in total. The van der Waals surface area contributed by atoms with E-state index in [9.17, 15) is 10.2 Å². The van der Waals surface area contributed by atoms with Crippen LogP contribution in [-0.2, 0) is 16.6 Å². The minimum atomic E-state index is -0.982. The molecular weight excluding hydrogens is 438 g/mol. The number of rotatable bonds is 6. The van der Waals surface area contributed by atoms with Crippen molar-refractivity contribution in [3.8, 4) is 11.5 Å². The fraction of sp³-hybridized carbons (Fsp3) is 0.800. The number of ether oxygens (including phenoxy) is 2. The number of hydrogen-bond acceptors (Lipinski definition) is 5. The molecule has 5 heteroatoms. The molecule has 2 heterocycles. The van der Waals surface area contributed by atoms with Gasteiger partial charge in [-0.2, -0.15) is 0 Å². The van der Waals surface area contributed by atoms with Crippen LogP contribution >= 0.6 is 0 Å². The number of methoxy groups -OCH3 is 1. The van der Waals surface area contributed by atoms with Crippen LogP contribution in [0.25, 0.3) is 0 Å². The van der Waals surface area contributed by atoms with Crippen molar-refractivity contribution in [2.75, 3.05) is 20.2 Å². The molecule has 5 fully saturated rings. The van der Waals surface area contributed by atoms with Gasteiger partial charge in [-0.25, -0.2) is 0 Å². The number of aliphatic hydroxyl groups is 1. The van der Waals surface area contributed by atoms with Gasteiger partial charge in [0.05, 0.1) is 8.34 Å². The molecule has 2 spiro atoms.